The maximum absolute atomic E-state index is 13.5. The number of primary amides is 1. The topological polar surface area (TPSA) is 63.4 Å². The number of carbonyl (C=O) groups is 2. The van der Waals surface area contributed by atoms with Crippen LogP contribution < -0.4 is 5.73 Å². The number of nitrogens with two attached hydrogens (primary N) is 1. The second-order valence-electron chi connectivity index (χ2n) is 5.94. The van der Waals surface area contributed by atoms with Crippen LogP contribution in [-0.4, -0.2) is 48.0 Å². The number of likely N-dealkylation sites (N-methyl/N-ethyl adjacent to an activating group) is 2. The predicted molar refractivity (Wildman–Crippen MR) is 77.3 cm³/mol. The number of hydrogen-bond donors (Lipinski definition) is 1. The second-order valence-corrected chi connectivity index (χ2v) is 6.32. The molecule has 0 aromatic heterocycles. The number of nitrogens with zero attached hydrogens (tertiary/aromatic N) is 2. The molecular formula is C14H15ClF4N3O2+. The highest BCUT2D eigenvalue weighted by atomic mass is 35.5. The molecule has 0 aliphatic carbocycles. The number of halogens is 5. The van der Waals surface area contributed by atoms with Crippen LogP contribution in [0.1, 0.15) is 11.1 Å². The van der Waals surface area contributed by atoms with Crippen molar-refractivity contribution in [3.63, 3.8) is 0 Å². The zero-order valence-electron chi connectivity index (χ0n) is 12.8. The van der Waals surface area contributed by atoms with Crippen LogP contribution in [-0.2, 0) is 17.5 Å². The molecule has 0 radical (unpaired) electrons. The van der Waals surface area contributed by atoms with Gasteiger partial charge in [-0.25, -0.2) is 13.7 Å². The molecule has 24 heavy (non-hydrogen) atoms. The van der Waals surface area contributed by atoms with Gasteiger partial charge in [-0.2, -0.15) is 13.2 Å². The van der Waals surface area contributed by atoms with Crippen molar-refractivity contribution in [2.24, 2.45) is 5.73 Å². The fourth-order valence-corrected chi connectivity index (χ4v) is 3.18. The van der Waals surface area contributed by atoms with E-state index in [1.54, 1.807) is 0 Å². The Morgan fingerprint density at radius 1 is 1.46 bits per heavy atom. The number of carbonyl (C=O) groups excluding carboxylic acids is 2. The van der Waals surface area contributed by atoms with Gasteiger partial charge in [0.25, 0.3) is 0 Å². The lowest BCUT2D eigenvalue weighted by molar-refractivity contribution is -0.835. The zero-order valence-corrected chi connectivity index (χ0v) is 13.6. The fourth-order valence-electron chi connectivity index (χ4n) is 2.86. The lowest BCUT2D eigenvalue weighted by atomic mass is 10.1. The van der Waals surface area contributed by atoms with Gasteiger partial charge in [-0.3, -0.25) is 9.69 Å². The Balaban J connectivity index is 2.42. The molecule has 2 rings (SSSR count). The van der Waals surface area contributed by atoms with Gasteiger partial charge in [0.05, 0.1) is 12.1 Å². The molecule has 132 valence electrons. The quantitative estimate of drug-likeness (QED) is 0.657. The van der Waals surface area contributed by atoms with Crippen molar-refractivity contribution >= 4 is 23.5 Å². The summed E-state index contributed by atoms with van der Waals surface area (Å²) in [7, 11) is 2.84. The summed E-state index contributed by atoms with van der Waals surface area (Å²) in [5.41, 5.74) is 3.62. The van der Waals surface area contributed by atoms with E-state index in [4.69, 9.17) is 17.3 Å². The average molecular weight is 369 g/mol. The fraction of sp³-hybridized carbons (Fsp3) is 0.429. The van der Waals surface area contributed by atoms with E-state index in [0.717, 1.165) is 11.0 Å². The smallest absolute Gasteiger partial charge is 0.368 e. The first-order valence-corrected chi connectivity index (χ1v) is 7.21. The minimum absolute atomic E-state index is 0.0142. The molecule has 1 fully saturated rings. The summed E-state index contributed by atoms with van der Waals surface area (Å²) < 4.78 is 51.9. The van der Waals surface area contributed by atoms with Crippen LogP contribution in [0.2, 0.25) is 5.02 Å². The van der Waals surface area contributed by atoms with E-state index < -0.39 is 45.0 Å². The molecule has 1 aromatic rings. The number of quaternary nitrogens is 1. The molecule has 2 atom stereocenters. The highest BCUT2D eigenvalue weighted by molar-refractivity contribution is 6.32. The van der Waals surface area contributed by atoms with Crippen LogP contribution in [0.25, 0.3) is 0 Å². The number of rotatable bonds is 3. The third-order valence-electron chi connectivity index (χ3n) is 4.11. The Hall–Kier alpha value is -1.87. The number of benzene rings is 1. The van der Waals surface area contributed by atoms with Gasteiger partial charge >= 0.3 is 12.2 Å². The minimum atomic E-state index is -4.96. The molecule has 0 spiro atoms. The van der Waals surface area contributed by atoms with Gasteiger partial charge in [0, 0.05) is 12.6 Å². The van der Waals surface area contributed by atoms with Crippen molar-refractivity contribution < 1.29 is 31.6 Å². The van der Waals surface area contributed by atoms with E-state index >= 15 is 0 Å². The molecule has 1 heterocycles. The summed E-state index contributed by atoms with van der Waals surface area (Å²) in [6.07, 6.45) is -4.96. The van der Waals surface area contributed by atoms with E-state index in [0.29, 0.717) is 6.07 Å². The molecule has 2 N–H and O–H groups in total. The Morgan fingerprint density at radius 3 is 2.50 bits per heavy atom. The van der Waals surface area contributed by atoms with Gasteiger partial charge in [0.1, 0.15) is 24.5 Å². The molecule has 1 aromatic carbocycles. The van der Waals surface area contributed by atoms with Crippen molar-refractivity contribution in [3.8, 4) is 0 Å². The molecule has 1 aliphatic heterocycles. The standard InChI is InChI=1S/C14H14ClF4N3O2/c1-21-9(12(20)23)6-22(2,13(21)24)5-7-3-4-8(16)10(11(7)15)14(17,18)19/h3-4,9H,5-6H2,1-2H3,(H-,20,23)/p+1. The first-order chi connectivity index (χ1) is 10.9. The molecule has 3 amide bonds. The predicted octanol–water partition coefficient (Wildman–Crippen LogP) is 2.36. The highest BCUT2D eigenvalue weighted by Gasteiger charge is 2.50. The Labute approximate surface area is 140 Å². The van der Waals surface area contributed by atoms with Crippen LogP contribution >= 0.6 is 11.6 Å². The van der Waals surface area contributed by atoms with Gasteiger partial charge < -0.3 is 5.73 Å². The molecule has 5 nitrogen and oxygen atoms in total. The third kappa shape index (κ3) is 3.05. The number of urea groups is 1. The molecule has 1 aliphatic rings. The Bertz CT molecular complexity index is 710. The van der Waals surface area contributed by atoms with Crippen LogP contribution in [0.3, 0.4) is 0 Å². The maximum atomic E-state index is 13.5. The summed E-state index contributed by atoms with van der Waals surface area (Å²) in [5.74, 6) is -2.20. The summed E-state index contributed by atoms with van der Waals surface area (Å²) in [6.45, 7) is -0.241. The van der Waals surface area contributed by atoms with E-state index in [1.807, 2.05) is 0 Å². The lowest BCUT2D eigenvalue weighted by Gasteiger charge is -2.26. The Kier molecular flexibility index (Phi) is 4.53. The van der Waals surface area contributed by atoms with Crippen molar-refractivity contribution in [2.75, 3.05) is 20.6 Å². The van der Waals surface area contributed by atoms with Gasteiger partial charge in [-0.1, -0.05) is 11.6 Å². The first-order valence-electron chi connectivity index (χ1n) is 6.84. The van der Waals surface area contributed by atoms with E-state index in [2.05, 4.69) is 0 Å². The van der Waals surface area contributed by atoms with Crippen molar-refractivity contribution in [3.05, 3.63) is 34.1 Å². The number of amides is 3. The summed E-state index contributed by atoms with van der Waals surface area (Å²) in [4.78, 5) is 24.9. The second kappa shape index (κ2) is 5.89. The van der Waals surface area contributed by atoms with E-state index in [1.165, 1.54) is 14.1 Å². The highest BCUT2D eigenvalue weighted by Crippen LogP contribution is 2.39. The largest absolute Gasteiger partial charge is 0.420 e. The molecule has 2 unspecified atom stereocenters. The zero-order chi connectivity index (χ0) is 18.4. The van der Waals surface area contributed by atoms with Crippen LogP contribution in [0.5, 0.6) is 0 Å². The molecule has 10 heteroatoms. The van der Waals surface area contributed by atoms with Crippen LogP contribution in [0, 0.1) is 5.82 Å². The SMILES string of the molecule is CN1C(=O)[N+](C)(Cc2ccc(F)c(C(F)(F)F)c2Cl)CC1C(N)=O. The van der Waals surface area contributed by atoms with Crippen molar-refractivity contribution in [1.82, 2.24) is 4.90 Å². The van der Waals surface area contributed by atoms with E-state index in [-0.39, 0.29) is 18.7 Å². The molecule has 0 saturated carbocycles. The van der Waals surface area contributed by atoms with Crippen molar-refractivity contribution in [1.29, 1.82) is 0 Å². The van der Waals surface area contributed by atoms with Gasteiger partial charge in [0.2, 0.25) is 5.91 Å². The summed E-state index contributed by atoms with van der Waals surface area (Å²) in [5, 5.41) is -0.792. The summed E-state index contributed by atoms with van der Waals surface area (Å²) in [6, 6.07) is 0.393. The van der Waals surface area contributed by atoms with Crippen LogP contribution in [0.4, 0.5) is 22.4 Å². The molecule has 1 saturated heterocycles. The minimum Gasteiger partial charge on any atom is -0.368 e. The summed E-state index contributed by atoms with van der Waals surface area (Å²) >= 11 is 5.74. The average Bonchev–Trinajstić information content (AvgIpc) is 2.66. The van der Waals surface area contributed by atoms with E-state index in [9.17, 15) is 27.2 Å². The number of hydrogen-bond acceptors (Lipinski definition) is 2. The molecule has 0 bridgehead atoms. The van der Waals surface area contributed by atoms with Gasteiger partial charge in [0.15, 0.2) is 6.04 Å². The third-order valence-corrected chi connectivity index (χ3v) is 4.54. The monoisotopic (exact) mass is 368 g/mol. The van der Waals surface area contributed by atoms with Crippen LogP contribution in [0.15, 0.2) is 12.1 Å². The lowest BCUT2D eigenvalue weighted by Crippen LogP contribution is -2.46. The molecular weight excluding hydrogens is 354 g/mol. The number of alkyl halides is 3. The Morgan fingerprint density at radius 2 is 2.04 bits per heavy atom. The van der Waals surface area contributed by atoms with Crippen molar-refractivity contribution in [2.45, 2.75) is 18.8 Å². The van der Waals surface area contributed by atoms with Gasteiger partial charge in [-0.05, 0) is 12.1 Å². The van der Waals surface area contributed by atoms with Gasteiger partial charge in [-0.15, -0.1) is 0 Å². The maximum Gasteiger partial charge on any atom is 0.420 e. The normalized spacial score (nSPS) is 24.5. The first kappa shape index (κ1) is 18.5.